The Morgan fingerprint density at radius 2 is 2.15 bits per heavy atom. The summed E-state index contributed by atoms with van der Waals surface area (Å²) in [6.07, 6.45) is 0. The van der Waals surface area contributed by atoms with Crippen molar-refractivity contribution in [2.45, 2.75) is 13.1 Å². The monoisotopic (exact) mass is 305 g/mol. The van der Waals surface area contributed by atoms with Crippen molar-refractivity contribution in [1.29, 1.82) is 0 Å². The lowest BCUT2D eigenvalue weighted by Gasteiger charge is -1.98. The third-order valence-electron chi connectivity index (χ3n) is 2.76. The molecule has 0 aliphatic rings. The van der Waals surface area contributed by atoms with E-state index in [-0.39, 0.29) is 9.92 Å². The standard InChI is InChI=1S/C13H11N3O2S2/c17-16(18)13-5-9(8-19-13)6-14-7-12-15-10-3-1-2-4-11(10)20-12/h1-5,8,14H,6-7H2. The highest BCUT2D eigenvalue weighted by molar-refractivity contribution is 7.18. The van der Waals surface area contributed by atoms with Crippen LogP contribution in [0.1, 0.15) is 10.6 Å². The average Bonchev–Trinajstić information content (AvgIpc) is 3.04. The molecule has 2 heterocycles. The predicted octanol–water partition coefficient (Wildman–Crippen LogP) is 3.56. The summed E-state index contributed by atoms with van der Waals surface area (Å²) in [7, 11) is 0. The molecule has 0 fully saturated rings. The summed E-state index contributed by atoms with van der Waals surface area (Å²) >= 11 is 2.82. The van der Waals surface area contributed by atoms with E-state index in [1.54, 1.807) is 17.4 Å². The van der Waals surface area contributed by atoms with Gasteiger partial charge in [-0.15, -0.1) is 11.3 Å². The van der Waals surface area contributed by atoms with Crippen molar-refractivity contribution < 1.29 is 4.92 Å². The van der Waals surface area contributed by atoms with E-state index in [0.717, 1.165) is 27.4 Å². The van der Waals surface area contributed by atoms with E-state index in [9.17, 15) is 10.1 Å². The van der Waals surface area contributed by atoms with Crippen LogP contribution in [-0.2, 0) is 13.1 Å². The van der Waals surface area contributed by atoms with Gasteiger partial charge >= 0.3 is 5.00 Å². The first kappa shape index (κ1) is 13.2. The normalized spacial score (nSPS) is 11.0. The van der Waals surface area contributed by atoms with Crippen LogP contribution >= 0.6 is 22.7 Å². The van der Waals surface area contributed by atoms with Crippen LogP contribution in [0.25, 0.3) is 10.2 Å². The molecular formula is C13H11N3O2S2. The molecule has 0 unspecified atom stereocenters. The molecule has 2 aromatic heterocycles. The highest BCUT2D eigenvalue weighted by Gasteiger charge is 2.09. The number of nitrogens with zero attached hydrogens (tertiary/aromatic N) is 2. The largest absolute Gasteiger partial charge is 0.324 e. The minimum Gasteiger partial charge on any atom is -0.306 e. The highest BCUT2D eigenvalue weighted by atomic mass is 32.1. The van der Waals surface area contributed by atoms with Crippen molar-refractivity contribution in [2.24, 2.45) is 0 Å². The summed E-state index contributed by atoms with van der Waals surface area (Å²) in [4.78, 5) is 14.8. The average molecular weight is 305 g/mol. The number of fused-ring (bicyclic) bond motifs is 1. The Labute approximate surface area is 123 Å². The van der Waals surface area contributed by atoms with Gasteiger partial charge < -0.3 is 5.32 Å². The van der Waals surface area contributed by atoms with Crippen molar-refractivity contribution in [3.05, 3.63) is 56.4 Å². The Morgan fingerprint density at radius 3 is 2.90 bits per heavy atom. The lowest BCUT2D eigenvalue weighted by atomic mass is 10.3. The zero-order valence-corrected chi connectivity index (χ0v) is 12.0. The first-order valence-electron chi connectivity index (χ1n) is 5.99. The van der Waals surface area contributed by atoms with Crippen molar-refractivity contribution in [3.63, 3.8) is 0 Å². The van der Waals surface area contributed by atoms with Crippen LogP contribution < -0.4 is 5.32 Å². The predicted molar refractivity (Wildman–Crippen MR) is 81.1 cm³/mol. The minimum atomic E-state index is -0.359. The number of hydrogen-bond acceptors (Lipinski definition) is 6. The number of nitro groups is 1. The topological polar surface area (TPSA) is 68.1 Å². The van der Waals surface area contributed by atoms with Gasteiger partial charge in [0.05, 0.1) is 15.1 Å². The van der Waals surface area contributed by atoms with Gasteiger partial charge in [-0.25, -0.2) is 4.98 Å². The van der Waals surface area contributed by atoms with Crippen LogP contribution in [0.5, 0.6) is 0 Å². The van der Waals surface area contributed by atoms with Crippen molar-refractivity contribution >= 4 is 37.9 Å². The highest BCUT2D eigenvalue weighted by Crippen LogP contribution is 2.23. The lowest BCUT2D eigenvalue weighted by molar-refractivity contribution is -0.380. The number of para-hydroxylation sites is 1. The molecule has 5 nitrogen and oxygen atoms in total. The fourth-order valence-electron chi connectivity index (χ4n) is 1.86. The molecule has 0 spiro atoms. The van der Waals surface area contributed by atoms with E-state index in [2.05, 4.69) is 16.4 Å². The Hall–Kier alpha value is -1.83. The van der Waals surface area contributed by atoms with E-state index in [1.165, 1.54) is 4.70 Å². The molecule has 7 heteroatoms. The maximum absolute atomic E-state index is 10.6. The molecule has 1 N–H and O–H groups in total. The molecule has 0 saturated heterocycles. The van der Waals surface area contributed by atoms with Crippen LogP contribution in [0.4, 0.5) is 5.00 Å². The third-order valence-corrected chi connectivity index (χ3v) is 4.73. The van der Waals surface area contributed by atoms with Crippen molar-refractivity contribution in [3.8, 4) is 0 Å². The molecule has 0 atom stereocenters. The number of rotatable bonds is 5. The molecule has 3 rings (SSSR count). The Kier molecular flexibility index (Phi) is 3.72. The van der Waals surface area contributed by atoms with Crippen LogP contribution in [0.15, 0.2) is 35.7 Å². The van der Waals surface area contributed by atoms with Gasteiger partial charge in [-0.05, 0) is 17.7 Å². The van der Waals surface area contributed by atoms with Gasteiger partial charge in [0.2, 0.25) is 0 Å². The van der Waals surface area contributed by atoms with Crippen LogP contribution in [0.3, 0.4) is 0 Å². The van der Waals surface area contributed by atoms with Crippen LogP contribution in [0.2, 0.25) is 0 Å². The van der Waals surface area contributed by atoms with Crippen molar-refractivity contribution in [1.82, 2.24) is 10.3 Å². The van der Waals surface area contributed by atoms with E-state index in [1.807, 2.05) is 23.6 Å². The molecule has 0 aliphatic carbocycles. The van der Waals surface area contributed by atoms with Gasteiger partial charge in [0.1, 0.15) is 5.01 Å². The zero-order valence-electron chi connectivity index (χ0n) is 10.4. The van der Waals surface area contributed by atoms with Crippen LogP contribution in [0, 0.1) is 10.1 Å². The number of aromatic nitrogens is 1. The molecule has 1 aromatic carbocycles. The summed E-state index contributed by atoms with van der Waals surface area (Å²) in [5.74, 6) is 0. The van der Waals surface area contributed by atoms with Gasteiger partial charge in [0, 0.05) is 24.5 Å². The van der Waals surface area contributed by atoms with Gasteiger partial charge in [-0.1, -0.05) is 23.5 Å². The fraction of sp³-hybridized carbons (Fsp3) is 0.154. The lowest BCUT2D eigenvalue weighted by Crippen LogP contribution is -2.11. The molecule has 20 heavy (non-hydrogen) atoms. The Morgan fingerprint density at radius 1 is 1.30 bits per heavy atom. The van der Waals surface area contributed by atoms with E-state index in [4.69, 9.17) is 0 Å². The van der Waals surface area contributed by atoms with E-state index in [0.29, 0.717) is 13.1 Å². The van der Waals surface area contributed by atoms with Gasteiger partial charge in [0.25, 0.3) is 0 Å². The molecule has 0 radical (unpaired) electrons. The SMILES string of the molecule is O=[N+]([O-])c1cc(CNCc2nc3ccccc3s2)cs1. The van der Waals surface area contributed by atoms with Gasteiger partial charge in [-0.2, -0.15) is 0 Å². The van der Waals surface area contributed by atoms with Crippen LogP contribution in [-0.4, -0.2) is 9.91 Å². The van der Waals surface area contributed by atoms with Gasteiger partial charge in [0.15, 0.2) is 0 Å². The first-order valence-corrected chi connectivity index (χ1v) is 7.69. The zero-order chi connectivity index (χ0) is 13.9. The quantitative estimate of drug-likeness (QED) is 0.578. The fourth-order valence-corrected chi connectivity index (χ4v) is 3.53. The number of nitrogens with one attached hydrogen (secondary N) is 1. The molecule has 3 aromatic rings. The summed E-state index contributed by atoms with van der Waals surface area (Å²) in [5.41, 5.74) is 1.95. The smallest absolute Gasteiger partial charge is 0.306 e. The summed E-state index contributed by atoms with van der Waals surface area (Å²) < 4.78 is 1.18. The third kappa shape index (κ3) is 2.84. The number of thiazole rings is 1. The number of benzene rings is 1. The second-order valence-electron chi connectivity index (χ2n) is 4.23. The Balaban J connectivity index is 1.60. The molecule has 0 bridgehead atoms. The summed E-state index contributed by atoms with van der Waals surface area (Å²) in [5, 5.41) is 16.9. The van der Waals surface area contributed by atoms with Gasteiger partial charge in [-0.3, -0.25) is 10.1 Å². The summed E-state index contributed by atoms with van der Waals surface area (Å²) in [6, 6.07) is 9.64. The molecule has 102 valence electrons. The number of hydrogen-bond donors (Lipinski definition) is 1. The molecule has 0 aliphatic heterocycles. The Bertz CT molecular complexity index is 718. The van der Waals surface area contributed by atoms with E-state index < -0.39 is 0 Å². The molecule has 0 saturated carbocycles. The first-order chi connectivity index (χ1) is 9.72. The van der Waals surface area contributed by atoms with E-state index >= 15 is 0 Å². The maximum atomic E-state index is 10.6. The molecular weight excluding hydrogens is 294 g/mol. The van der Waals surface area contributed by atoms with Crippen molar-refractivity contribution in [2.75, 3.05) is 0 Å². The second kappa shape index (κ2) is 5.66. The number of thiophene rings is 1. The minimum absolute atomic E-state index is 0.182. The second-order valence-corrected chi connectivity index (χ2v) is 6.23. The molecule has 0 amide bonds. The summed E-state index contributed by atoms with van der Waals surface area (Å²) in [6.45, 7) is 1.28. The maximum Gasteiger partial charge on any atom is 0.324 e.